The smallest absolute Gasteiger partial charge is 0.411 e. The predicted molar refractivity (Wildman–Crippen MR) is 43.1 cm³/mol. The number of halogens is 3. The molecule has 0 saturated heterocycles. The number of carboxylic acid groups (broad SMARTS) is 1. The molecule has 1 unspecified atom stereocenters. The first-order valence-electron chi connectivity index (χ1n) is 3.77. The first-order chi connectivity index (χ1) is 6.86. The summed E-state index contributed by atoms with van der Waals surface area (Å²) in [6, 6.07) is 0. The zero-order chi connectivity index (χ0) is 11.5. The van der Waals surface area contributed by atoms with E-state index in [1.165, 1.54) is 6.20 Å². The molecule has 1 aliphatic rings. The summed E-state index contributed by atoms with van der Waals surface area (Å²) in [5.41, 5.74) is -2.25. The Labute approximate surface area is 82.2 Å². The highest BCUT2D eigenvalue weighted by molar-refractivity contribution is 5.98. The number of aliphatic carboxylic acids is 1. The highest BCUT2D eigenvalue weighted by Crippen LogP contribution is 2.19. The fourth-order valence-corrected chi connectivity index (χ4v) is 0.843. The molecular formula is C7H7F3N2O3. The molecule has 1 aliphatic heterocycles. The van der Waals surface area contributed by atoms with Crippen LogP contribution < -0.4 is 5.32 Å². The summed E-state index contributed by atoms with van der Waals surface area (Å²) in [5.74, 6) is -1.60. The lowest BCUT2D eigenvalue weighted by atomic mass is 10.2. The van der Waals surface area contributed by atoms with E-state index in [-0.39, 0.29) is 0 Å². The lowest BCUT2D eigenvalue weighted by Gasteiger charge is -2.27. The summed E-state index contributed by atoms with van der Waals surface area (Å²) >= 11 is 0. The van der Waals surface area contributed by atoms with Crippen LogP contribution in [0.2, 0.25) is 0 Å². The number of rotatable bonds is 3. The van der Waals surface area contributed by atoms with Gasteiger partial charge in [0.15, 0.2) is 0 Å². The van der Waals surface area contributed by atoms with Crippen molar-refractivity contribution >= 4 is 12.2 Å². The van der Waals surface area contributed by atoms with Gasteiger partial charge >= 0.3 is 12.1 Å². The minimum absolute atomic E-state index is 0.751. The van der Waals surface area contributed by atoms with Crippen LogP contribution in [0.4, 0.5) is 13.2 Å². The molecule has 5 nitrogen and oxygen atoms in total. The van der Waals surface area contributed by atoms with Gasteiger partial charge in [0, 0.05) is 12.4 Å². The molecule has 15 heavy (non-hydrogen) atoms. The molecule has 0 aliphatic carbocycles. The molecule has 0 aromatic carbocycles. The molecule has 84 valence electrons. The van der Waals surface area contributed by atoms with E-state index in [1.807, 2.05) is 0 Å². The summed E-state index contributed by atoms with van der Waals surface area (Å²) in [7, 11) is 0. The van der Waals surface area contributed by atoms with Crippen LogP contribution >= 0.6 is 0 Å². The van der Waals surface area contributed by atoms with E-state index >= 15 is 0 Å². The van der Waals surface area contributed by atoms with Gasteiger partial charge in [-0.25, -0.2) is 4.79 Å². The van der Waals surface area contributed by atoms with E-state index < -0.39 is 24.5 Å². The normalized spacial score (nSPS) is 25.0. The Balaban J connectivity index is 2.72. The Morgan fingerprint density at radius 1 is 1.60 bits per heavy atom. The lowest BCUT2D eigenvalue weighted by Crippen LogP contribution is -2.55. The van der Waals surface area contributed by atoms with Gasteiger partial charge < -0.3 is 15.2 Å². The van der Waals surface area contributed by atoms with E-state index in [9.17, 15) is 18.0 Å². The number of nitrogens with one attached hydrogen (secondary N) is 1. The molecule has 0 radical (unpaired) electrons. The minimum atomic E-state index is -4.60. The van der Waals surface area contributed by atoms with Crippen molar-refractivity contribution in [2.45, 2.75) is 11.9 Å². The van der Waals surface area contributed by atoms with E-state index in [4.69, 9.17) is 5.11 Å². The molecule has 0 aromatic heterocycles. The first-order valence-corrected chi connectivity index (χ1v) is 3.77. The monoisotopic (exact) mass is 224 g/mol. The van der Waals surface area contributed by atoms with Gasteiger partial charge in [-0.15, -0.1) is 0 Å². The first kappa shape index (κ1) is 11.5. The molecule has 0 aromatic rings. The van der Waals surface area contributed by atoms with E-state index in [1.54, 1.807) is 0 Å². The van der Waals surface area contributed by atoms with Crippen molar-refractivity contribution in [2.75, 3.05) is 6.61 Å². The largest absolute Gasteiger partial charge is 0.477 e. The summed E-state index contributed by atoms with van der Waals surface area (Å²) in [4.78, 5) is 14.1. The topological polar surface area (TPSA) is 70.9 Å². The van der Waals surface area contributed by atoms with Gasteiger partial charge in [0.2, 0.25) is 0 Å². The Kier molecular flexibility index (Phi) is 2.98. The highest BCUT2D eigenvalue weighted by Gasteiger charge is 2.42. The average Bonchev–Trinajstić information content (AvgIpc) is 2.15. The minimum Gasteiger partial charge on any atom is -0.477 e. The number of alkyl halides is 3. The summed E-state index contributed by atoms with van der Waals surface area (Å²) in [6.45, 7) is -1.67. The second kappa shape index (κ2) is 3.89. The van der Waals surface area contributed by atoms with Crippen LogP contribution in [0.1, 0.15) is 0 Å². The maximum atomic E-state index is 11.8. The van der Waals surface area contributed by atoms with Crippen LogP contribution in [0.15, 0.2) is 17.4 Å². The van der Waals surface area contributed by atoms with Crippen molar-refractivity contribution < 1.29 is 27.8 Å². The maximum absolute atomic E-state index is 11.8. The number of hydrogen-bond acceptors (Lipinski definition) is 4. The number of nitrogens with zero attached hydrogens (tertiary/aromatic N) is 1. The standard InChI is InChI=1S/C7H7F3N2O3/c8-7(9,10)4-15-6(5(13)14)3-11-1-2-12-6/h1-3,12H,4H2,(H,13,14). The molecule has 0 amide bonds. The second-order valence-electron chi connectivity index (χ2n) is 2.68. The van der Waals surface area contributed by atoms with E-state index in [0.717, 1.165) is 12.4 Å². The molecule has 1 rings (SSSR count). The van der Waals surface area contributed by atoms with Crippen molar-refractivity contribution in [1.82, 2.24) is 5.32 Å². The Morgan fingerprint density at radius 3 is 2.67 bits per heavy atom. The van der Waals surface area contributed by atoms with Gasteiger partial charge in [-0.3, -0.25) is 4.99 Å². The van der Waals surface area contributed by atoms with Crippen molar-refractivity contribution in [3.63, 3.8) is 0 Å². The summed E-state index contributed by atoms with van der Waals surface area (Å²) < 4.78 is 39.8. The van der Waals surface area contributed by atoms with Crippen LogP contribution in [0.5, 0.6) is 0 Å². The molecule has 0 fully saturated rings. The number of ether oxygens (including phenoxy) is 1. The number of carboxylic acids is 1. The molecule has 0 bridgehead atoms. The number of hydrogen-bond donors (Lipinski definition) is 2. The van der Waals surface area contributed by atoms with Gasteiger partial charge in [0.25, 0.3) is 5.72 Å². The highest BCUT2D eigenvalue weighted by atomic mass is 19.4. The van der Waals surface area contributed by atoms with Crippen molar-refractivity contribution in [3.05, 3.63) is 12.4 Å². The van der Waals surface area contributed by atoms with Gasteiger partial charge in [-0.2, -0.15) is 13.2 Å². The fourth-order valence-electron chi connectivity index (χ4n) is 0.843. The zero-order valence-corrected chi connectivity index (χ0v) is 7.28. The number of carbonyl (C=O) groups is 1. The van der Waals surface area contributed by atoms with Gasteiger partial charge in [0.05, 0.1) is 6.21 Å². The SMILES string of the molecule is O=C(O)C1(OCC(F)(F)F)C=NC=CN1. The van der Waals surface area contributed by atoms with Gasteiger partial charge in [0.1, 0.15) is 6.61 Å². The van der Waals surface area contributed by atoms with E-state index in [0.29, 0.717) is 0 Å². The Morgan fingerprint density at radius 2 is 2.27 bits per heavy atom. The van der Waals surface area contributed by atoms with Crippen LogP contribution in [0.3, 0.4) is 0 Å². The Bertz CT molecular complexity index is 313. The third-order valence-corrected chi connectivity index (χ3v) is 1.50. The van der Waals surface area contributed by atoms with Crippen LogP contribution in [0, 0.1) is 0 Å². The van der Waals surface area contributed by atoms with Crippen molar-refractivity contribution in [1.29, 1.82) is 0 Å². The molecule has 1 atom stereocenters. The molecule has 2 N–H and O–H groups in total. The summed E-state index contributed by atoms with van der Waals surface area (Å²) in [5, 5.41) is 10.9. The Hall–Kier alpha value is -1.57. The average molecular weight is 224 g/mol. The van der Waals surface area contributed by atoms with Crippen LogP contribution in [-0.4, -0.2) is 35.8 Å². The molecule has 1 heterocycles. The molecule has 0 saturated carbocycles. The van der Waals surface area contributed by atoms with Crippen LogP contribution in [-0.2, 0) is 9.53 Å². The quantitative estimate of drug-likeness (QED) is 0.731. The zero-order valence-electron chi connectivity index (χ0n) is 7.28. The predicted octanol–water partition coefficient (Wildman–Crippen LogP) is 0.491. The fraction of sp³-hybridized carbons (Fsp3) is 0.429. The van der Waals surface area contributed by atoms with Gasteiger partial charge in [-0.05, 0) is 0 Å². The van der Waals surface area contributed by atoms with Crippen molar-refractivity contribution in [3.8, 4) is 0 Å². The summed E-state index contributed by atoms with van der Waals surface area (Å²) in [6.07, 6.45) is -1.57. The van der Waals surface area contributed by atoms with Crippen LogP contribution in [0.25, 0.3) is 0 Å². The third kappa shape index (κ3) is 2.94. The lowest BCUT2D eigenvalue weighted by molar-refractivity contribution is -0.204. The van der Waals surface area contributed by atoms with Gasteiger partial charge in [-0.1, -0.05) is 0 Å². The molecule has 0 spiro atoms. The number of aliphatic imine (C=N–C) groups is 1. The molecular weight excluding hydrogens is 217 g/mol. The maximum Gasteiger partial charge on any atom is 0.411 e. The molecule has 8 heteroatoms. The van der Waals surface area contributed by atoms with Crippen molar-refractivity contribution in [2.24, 2.45) is 4.99 Å². The van der Waals surface area contributed by atoms with E-state index in [2.05, 4.69) is 15.0 Å². The second-order valence-corrected chi connectivity index (χ2v) is 2.68. The third-order valence-electron chi connectivity index (χ3n) is 1.50.